The predicted octanol–water partition coefficient (Wildman–Crippen LogP) is 7.42. The number of fused-ring (bicyclic) bond motifs is 2. The fraction of sp³-hybridized carbons (Fsp3) is 0.273. The summed E-state index contributed by atoms with van der Waals surface area (Å²) in [4.78, 5) is 27.9. The number of ether oxygens (including phenoxy) is 2. The number of H-pyrrole nitrogens is 2. The molecule has 3 N–H and O–H groups in total. The van der Waals surface area contributed by atoms with Crippen molar-refractivity contribution in [3.05, 3.63) is 143 Å². The van der Waals surface area contributed by atoms with E-state index >= 15 is 0 Å². The molecule has 0 aliphatic carbocycles. The predicted molar refractivity (Wildman–Crippen MR) is 235 cm³/mol. The van der Waals surface area contributed by atoms with E-state index in [2.05, 4.69) is 29.2 Å². The van der Waals surface area contributed by atoms with Gasteiger partial charge in [-0.3, -0.25) is 19.8 Å². The van der Waals surface area contributed by atoms with Crippen LogP contribution in [0.15, 0.2) is 109 Å². The highest BCUT2D eigenvalue weighted by Crippen LogP contribution is 2.32. The van der Waals surface area contributed by atoms with Crippen LogP contribution in [0.2, 0.25) is 0 Å². The van der Waals surface area contributed by atoms with Gasteiger partial charge in [-0.25, -0.2) is 8.78 Å². The summed E-state index contributed by atoms with van der Waals surface area (Å²) >= 11 is 0. The van der Waals surface area contributed by atoms with Crippen molar-refractivity contribution >= 4 is 29.6 Å². The zero-order chi connectivity index (χ0) is 45.0. The van der Waals surface area contributed by atoms with Crippen LogP contribution in [0.3, 0.4) is 0 Å². The Hall–Kier alpha value is -6.94. The van der Waals surface area contributed by atoms with Crippen molar-refractivity contribution in [3.63, 3.8) is 0 Å². The van der Waals surface area contributed by atoms with E-state index in [0.717, 1.165) is 11.3 Å². The zero-order valence-corrected chi connectivity index (χ0v) is 33.7. The van der Waals surface area contributed by atoms with E-state index in [1.165, 1.54) is 41.3 Å². The molecule has 6 aromatic rings. The number of aromatic nitrogens is 4. The van der Waals surface area contributed by atoms with Crippen molar-refractivity contribution in [3.8, 4) is 34.4 Å². The van der Waals surface area contributed by atoms with Crippen LogP contribution in [0.1, 0.15) is 44.8 Å². The third kappa shape index (κ3) is 14.3. The molecule has 15 nitrogen and oxygen atoms in total. The molecule has 2 aliphatic heterocycles. The number of nitrogens with one attached hydrogen (secondary N) is 2. The van der Waals surface area contributed by atoms with Crippen molar-refractivity contribution in [2.75, 3.05) is 26.3 Å². The average Bonchev–Trinajstić information content (AvgIpc) is 3.89. The molecule has 1 radical (unpaired) electrons. The second kappa shape index (κ2) is 24.4. The molecule has 353 valence electrons. The Morgan fingerprint density at radius 1 is 0.682 bits per heavy atom. The first kappa shape index (κ1) is 53.4. The number of alkyl halides is 3. The van der Waals surface area contributed by atoms with Crippen LogP contribution in [0.4, 0.5) is 22.0 Å². The second-order valence-corrected chi connectivity index (χ2v) is 15.1. The van der Waals surface area contributed by atoms with Gasteiger partial charge < -0.3 is 33.1 Å². The first-order valence-electron chi connectivity index (χ1n) is 18.9. The molecule has 8 rings (SSSR count). The summed E-state index contributed by atoms with van der Waals surface area (Å²) < 4.78 is 105. The Morgan fingerprint density at radius 2 is 1.17 bits per heavy atom. The zero-order valence-electron chi connectivity index (χ0n) is 32.9. The minimum atomic E-state index is -5.85. The van der Waals surface area contributed by atoms with Crippen molar-refractivity contribution in [2.24, 2.45) is 0 Å². The number of rotatable bonds is 11. The number of hydrogen-bond donors (Lipinski definition) is 3. The van der Waals surface area contributed by atoms with Gasteiger partial charge in [0.1, 0.15) is 28.9 Å². The monoisotopic (exact) mass is 943 g/mol. The molecule has 2 aromatic heterocycles. The van der Waals surface area contributed by atoms with Crippen molar-refractivity contribution in [2.45, 2.75) is 53.7 Å². The summed E-state index contributed by atoms with van der Waals surface area (Å²) in [5.41, 5.74) is -1.74. The minimum absolute atomic E-state index is 0. The van der Waals surface area contributed by atoms with E-state index in [4.69, 9.17) is 14.5 Å². The van der Waals surface area contributed by atoms with Crippen LogP contribution >= 0.6 is 0 Å². The molecule has 2 aliphatic rings. The fourth-order valence-corrected chi connectivity index (χ4v) is 6.63. The molecular formula is C44H49BF5N6O9S. The van der Waals surface area contributed by atoms with Crippen molar-refractivity contribution < 1.29 is 63.3 Å². The Labute approximate surface area is 379 Å². The number of halogens is 5. The molecule has 0 saturated carbocycles. The molecule has 0 saturated heterocycles. The van der Waals surface area contributed by atoms with E-state index < -0.39 is 27.4 Å². The standard InChI is InChI=1S/C20H18FN3O2.C15H14F3N3O5S.C6H5BFO2.3CH4/c21-15-6-4-5-14(11-15)20-17-12-24(10-9-18(17)22-23-20)19(25)13-26-16-7-2-1-3-8-16;16-15(17,18)27(23,24)26-14-11-8-21(7-6-12(11)19-20-14)13(22)9-25-10-4-2-1-3-5-10;8-5-2-1-3-6(4-5)10-7-9;;;/h1-8,11H,9-10,12-13H2,(H,22,23);1-5H,6-9H2,(H,19,20);1-4,9H;3*1H4. The van der Waals surface area contributed by atoms with Crippen LogP contribution in [0.5, 0.6) is 23.1 Å². The van der Waals surface area contributed by atoms with Gasteiger partial charge >= 0.3 is 23.3 Å². The lowest BCUT2D eigenvalue weighted by Crippen LogP contribution is -2.39. The van der Waals surface area contributed by atoms with Gasteiger partial charge in [0.05, 0.1) is 17.8 Å². The summed E-state index contributed by atoms with van der Waals surface area (Å²) in [6.45, 7) is 0.896. The van der Waals surface area contributed by atoms with Crippen LogP contribution in [0.25, 0.3) is 11.3 Å². The fourth-order valence-electron chi connectivity index (χ4n) is 6.19. The molecule has 0 bridgehead atoms. The molecule has 4 heterocycles. The topological polar surface area (TPSA) is 189 Å². The van der Waals surface area contributed by atoms with E-state index in [1.54, 1.807) is 41.3 Å². The normalized spacial score (nSPS) is 12.6. The molecule has 0 spiro atoms. The number of para-hydroxylation sites is 2. The van der Waals surface area contributed by atoms with E-state index in [1.807, 2.05) is 36.4 Å². The summed E-state index contributed by atoms with van der Waals surface area (Å²) in [6.07, 6.45) is 0.948. The smallest absolute Gasteiger partial charge is 0.537 e. The summed E-state index contributed by atoms with van der Waals surface area (Å²) in [5.74, 6) is -0.458. The number of benzene rings is 4. The van der Waals surface area contributed by atoms with Gasteiger partial charge in [-0.15, -0.1) is 5.10 Å². The lowest BCUT2D eigenvalue weighted by atomic mass is 10.0. The highest BCUT2D eigenvalue weighted by atomic mass is 32.2. The first-order valence-corrected chi connectivity index (χ1v) is 20.3. The van der Waals surface area contributed by atoms with Crippen molar-refractivity contribution in [1.82, 2.24) is 30.2 Å². The minimum Gasteiger partial charge on any atom is -0.537 e. The lowest BCUT2D eigenvalue weighted by Gasteiger charge is -2.27. The van der Waals surface area contributed by atoms with Gasteiger partial charge in [0.2, 0.25) is 0 Å². The molecule has 2 amide bonds. The van der Waals surface area contributed by atoms with Gasteiger partial charge in [-0.1, -0.05) is 76.9 Å². The highest BCUT2D eigenvalue weighted by molar-refractivity contribution is 7.88. The van der Waals surface area contributed by atoms with Crippen molar-refractivity contribution in [1.29, 1.82) is 0 Å². The maximum Gasteiger partial charge on any atom is 0.569 e. The van der Waals surface area contributed by atoms with E-state index in [-0.39, 0.29) is 83.9 Å². The molecule has 4 aromatic carbocycles. The summed E-state index contributed by atoms with van der Waals surface area (Å²) in [5, 5.41) is 21.4. The molecule has 0 fully saturated rings. The maximum atomic E-state index is 13.5. The van der Waals surface area contributed by atoms with Gasteiger partial charge in [-0.05, 0) is 48.5 Å². The summed E-state index contributed by atoms with van der Waals surface area (Å²) in [7, 11) is -5.34. The first-order chi connectivity index (χ1) is 30.2. The Kier molecular flexibility index (Phi) is 19.7. The van der Waals surface area contributed by atoms with E-state index in [9.17, 15) is 40.0 Å². The third-order valence-electron chi connectivity index (χ3n) is 9.30. The Morgan fingerprint density at radius 3 is 1.68 bits per heavy atom. The van der Waals surface area contributed by atoms with Crippen LogP contribution < -0.4 is 18.3 Å². The Bertz CT molecular complexity index is 2590. The quantitative estimate of drug-likeness (QED) is 0.0508. The van der Waals surface area contributed by atoms with Crippen LogP contribution in [0, 0.1) is 11.6 Å². The molecular weight excluding hydrogens is 894 g/mol. The third-order valence-corrected chi connectivity index (χ3v) is 10.2. The highest BCUT2D eigenvalue weighted by Gasteiger charge is 2.49. The molecule has 22 heteroatoms. The van der Waals surface area contributed by atoms with Gasteiger partial charge in [-0.2, -0.15) is 26.7 Å². The largest absolute Gasteiger partial charge is 0.569 e. The number of nitrogens with zero attached hydrogens (tertiary/aromatic N) is 4. The number of carbonyl (C=O) groups excluding carboxylic acids is 2. The molecule has 0 atom stereocenters. The molecule has 0 unspecified atom stereocenters. The number of amides is 2. The van der Waals surface area contributed by atoms with E-state index in [0.29, 0.717) is 55.6 Å². The van der Waals surface area contributed by atoms with Gasteiger partial charge in [0.15, 0.2) is 13.2 Å². The second-order valence-electron chi connectivity index (χ2n) is 13.5. The number of hydrogen-bond acceptors (Lipinski definition) is 11. The lowest BCUT2D eigenvalue weighted by molar-refractivity contribution is -0.135. The van der Waals surface area contributed by atoms with Gasteiger partial charge in [0.25, 0.3) is 17.7 Å². The Balaban J connectivity index is 0.000000280. The maximum absolute atomic E-state index is 13.5. The molecule has 66 heavy (non-hydrogen) atoms. The van der Waals surface area contributed by atoms with Gasteiger partial charge in [0, 0.05) is 61.1 Å². The van der Waals surface area contributed by atoms with Crippen LogP contribution in [-0.2, 0) is 45.6 Å². The average molecular weight is 944 g/mol. The summed E-state index contributed by atoms with van der Waals surface area (Å²) in [6, 6.07) is 29.7. The number of carbonyl (C=O) groups is 2. The number of aromatic amines is 2. The SMILES string of the molecule is C.C.C.O=C(COc1ccccc1)N1CCc2[nH]nc(-c3cccc(F)c3)c2C1.O=C(COc1ccccc1)N1CCc2[nH]nc(OS(=O)(=O)C(F)(F)F)c2C1.O[B]Oc1cccc(F)c1. The van der Waals surface area contributed by atoms with Crippen LogP contribution in [-0.4, -0.2) is 94.9 Å².